The third kappa shape index (κ3) is 2.31. The summed E-state index contributed by atoms with van der Waals surface area (Å²) in [7, 11) is -1.11. The van der Waals surface area contributed by atoms with E-state index in [2.05, 4.69) is 24.3 Å². The van der Waals surface area contributed by atoms with Crippen LogP contribution in [0.15, 0.2) is 84.9 Å². The van der Waals surface area contributed by atoms with Gasteiger partial charge in [-0.3, -0.25) is 4.57 Å². The van der Waals surface area contributed by atoms with Crippen LogP contribution in [0.1, 0.15) is 0 Å². The van der Waals surface area contributed by atoms with Crippen LogP contribution in [-0.2, 0) is 4.57 Å². The summed E-state index contributed by atoms with van der Waals surface area (Å²) in [5.41, 5.74) is 3.09. The van der Waals surface area contributed by atoms with Gasteiger partial charge in [0.05, 0.1) is 5.69 Å². The van der Waals surface area contributed by atoms with Crippen molar-refractivity contribution in [2.45, 2.75) is 0 Å². The third-order valence-corrected chi connectivity index (χ3v) is 8.66. The smallest absolute Gasteiger partial charge is 0.230 e. The van der Waals surface area contributed by atoms with Gasteiger partial charge in [0, 0.05) is 28.2 Å². The zero-order valence-corrected chi connectivity index (χ0v) is 16.4. The largest absolute Gasteiger partial charge is 0.318 e. The minimum Gasteiger partial charge on any atom is -0.318 e. The zero-order chi connectivity index (χ0) is 18.6. The number of benzene rings is 4. The number of fused-ring (bicyclic) bond motifs is 5. The summed E-state index contributed by atoms with van der Waals surface area (Å²) in [6.45, 7) is 0. The SMILES string of the molecule is CN1c2ccc3ccccc3c2-c2ccc(Cl)cc2P1(=O)c1ccccc1. The molecule has 0 radical (unpaired) electrons. The normalized spacial score (nSPS) is 18.2. The van der Waals surface area contributed by atoms with Crippen LogP contribution < -0.4 is 15.3 Å². The lowest BCUT2D eigenvalue weighted by Gasteiger charge is -2.38. The maximum atomic E-state index is 14.5. The molecule has 1 heterocycles. The topological polar surface area (TPSA) is 20.3 Å². The summed E-state index contributed by atoms with van der Waals surface area (Å²) < 4.78 is 16.5. The van der Waals surface area contributed by atoms with Crippen LogP contribution in [0.2, 0.25) is 5.02 Å². The molecule has 0 saturated heterocycles. The van der Waals surface area contributed by atoms with Crippen LogP contribution in [0.4, 0.5) is 5.69 Å². The van der Waals surface area contributed by atoms with E-state index >= 15 is 0 Å². The fourth-order valence-electron chi connectivity index (χ4n) is 4.04. The maximum Gasteiger partial charge on any atom is 0.230 e. The Morgan fingerprint density at radius 3 is 2.41 bits per heavy atom. The summed E-state index contributed by atoms with van der Waals surface area (Å²) >= 11 is 6.34. The lowest BCUT2D eigenvalue weighted by atomic mass is 9.96. The minimum absolute atomic E-state index is 0.599. The molecule has 0 aliphatic carbocycles. The van der Waals surface area contributed by atoms with E-state index in [4.69, 9.17) is 11.6 Å². The highest BCUT2D eigenvalue weighted by Gasteiger charge is 2.40. The first-order chi connectivity index (χ1) is 13.1. The molecule has 27 heavy (non-hydrogen) atoms. The van der Waals surface area contributed by atoms with E-state index in [9.17, 15) is 4.57 Å². The Hall–Kier alpha value is -2.54. The predicted octanol–water partition coefficient (Wildman–Crippen LogP) is 5.84. The van der Waals surface area contributed by atoms with Gasteiger partial charge in [-0.05, 0) is 46.7 Å². The van der Waals surface area contributed by atoms with Crippen LogP contribution in [0, 0.1) is 0 Å². The second kappa shape index (κ2) is 5.99. The molecule has 1 unspecified atom stereocenters. The Kier molecular flexibility index (Phi) is 3.69. The van der Waals surface area contributed by atoms with E-state index < -0.39 is 7.29 Å². The van der Waals surface area contributed by atoms with Crippen molar-refractivity contribution in [2.75, 3.05) is 11.7 Å². The van der Waals surface area contributed by atoms with Crippen LogP contribution in [0.25, 0.3) is 21.9 Å². The highest BCUT2D eigenvalue weighted by molar-refractivity contribution is 7.80. The van der Waals surface area contributed by atoms with Crippen LogP contribution in [0.3, 0.4) is 0 Å². The van der Waals surface area contributed by atoms with Crippen molar-refractivity contribution in [3.05, 3.63) is 90.0 Å². The lowest BCUT2D eigenvalue weighted by molar-refractivity contribution is 0.586. The predicted molar refractivity (Wildman–Crippen MR) is 116 cm³/mol. The molecule has 0 bridgehead atoms. The molecule has 0 N–H and O–H groups in total. The van der Waals surface area contributed by atoms with Crippen molar-refractivity contribution in [1.82, 2.24) is 0 Å². The van der Waals surface area contributed by atoms with Crippen molar-refractivity contribution >= 4 is 46.0 Å². The Balaban J connectivity index is 1.93. The van der Waals surface area contributed by atoms with Crippen LogP contribution in [-0.4, -0.2) is 7.05 Å². The molecule has 4 heteroatoms. The van der Waals surface area contributed by atoms with Crippen LogP contribution in [0.5, 0.6) is 0 Å². The molecule has 0 fully saturated rings. The van der Waals surface area contributed by atoms with Crippen molar-refractivity contribution in [3.8, 4) is 11.1 Å². The van der Waals surface area contributed by atoms with E-state index in [1.54, 1.807) is 0 Å². The third-order valence-electron chi connectivity index (χ3n) is 5.34. The number of hydrogen-bond donors (Lipinski definition) is 0. The molecule has 1 aliphatic heterocycles. The molecule has 0 aromatic heterocycles. The fourth-order valence-corrected chi connectivity index (χ4v) is 7.10. The van der Waals surface area contributed by atoms with Crippen molar-refractivity contribution in [2.24, 2.45) is 0 Å². The number of rotatable bonds is 1. The van der Waals surface area contributed by atoms with Gasteiger partial charge < -0.3 is 4.67 Å². The van der Waals surface area contributed by atoms with Gasteiger partial charge in [-0.1, -0.05) is 66.2 Å². The minimum atomic E-state index is -3.04. The molecule has 1 atom stereocenters. The van der Waals surface area contributed by atoms with Crippen molar-refractivity contribution in [1.29, 1.82) is 0 Å². The van der Waals surface area contributed by atoms with Gasteiger partial charge in [-0.2, -0.15) is 0 Å². The fraction of sp³-hybridized carbons (Fsp3) is 0.0435. The highest BCUT2D eigenvalue weighted by Crippen LogP contribution is 2.58. The molecule has 5 rings (SSSR count). The Labute approximate surface area is 163 Å². The zero-order valence-electron chi connectivity index (χ0n) is 14.8. The molecule has 4 aromatic rings. The van der Waals surface area contributed by atoms with E-state index in [-0.39, 0.29) is 0 Å². The van der Waals surface area contributed by atoms with Gasteiger partial charge in [-0.15, -0.1) is 0 Å². The Morgan fingerprint density at radius 1 is 0.852 bits per heavy atom. The second-order valence-corrected chi connectivity index (χ2v) is 9.96. The number of anilines is 1. The highest BCUT2D eigenvalue weighted by atomic mass is 35.5. The summed E-state index contributed by atoms with van der Waals surface area (Å²) in [6, 6.07) is 27.9. The molecule has 0 spiro atoms. The van der Waals surface area contributed by atoms with Gasteiger partial charge in [-0.25, -0.2) is 0 Å². The van der Waals surface area contributed by atoms with Gasteiger partial charge >= 0.3 is 0 Å². The summed E-state index contributed by atoms with van der Waals surface area (Å²) in [6.07, 6.45) is 0. The summed E-state index contributed by atoms with van der Waals surface area (Å²) in [5.74, 6) is 0. The lowest BCUT2D eigenvalue weighted by Crippen LogP contribution is -2.34. The van der Waals surface area contributed by atoms with Crippen LogP contribution >= 0.6 is 18.9 Å². The van der Waals surface area contributed by atoms with Gasteiger partial charge in [0.1, 0.15) is 0 Å². The maximum absolute atomic E-state index is 14.5. The first kappa shape index (κ1) is 16.6. The Bertz CT molecular complexity index is 1240. The number of halogens is 1. The first-order valence-corrected chi connectivity index (χ1v) is 10.9. The second-order valence-electron chi connectivity index (χ2n) is 6.78. The molecular weight excluding hydrogens is 373 g/mol. The number of hydrogen-bond acceptors (Lipinski definition) is 1. The van der Waals surface area contributed by atoms with E-state index in [0.29, 0.717) is 5.02 Å². The standard InChI is InChI=1S/C23H17ClNOP/c1-25-21-14-11-16-7-5-6-10-19(16)23(21)20-13-12-17(24)15-22(20)27(25,26)18-8-3-2-4-9-18/h2-15H,1H3. The van der Waals surface area contributed by atoms with E-state index in [0.717, 1.165) is 32.8 Å². The molecule has 132 valence electrons. The molecule has 4 aromatic carbocycles. The molecule has 2 nitrogen and oxygen atoms in total. The van der Waals surface area contributed by atoms with Crippen molar-refractivity contribution < 1.29 is 4.57 Å². The van der Waals surface area contributed by atoms with Gasteiger partial charge in [0.15, 0.2) is 0 Å². The Morgan fingerprint density at radius 2 is 1.59 bits per heavy atom. The molecule has 1 aliphatic rings. The van der Waals surface area contributed by atoms with Gasteiger partial charge in [0.25, 0.3) is 0 Å². The summed E-state index contributed by atoms with van der Waals surface area (Å²) in [5, 5.41) is 4.54. The van der Waals surface area contributed by atoms with Gasteiger partial charge in [0.2, 0.25) is 7.29 Å². The monoisotopic (exact) mass is 389 g/mol. The average molecular weight is 390 g/mol. The van der Waals surface area contributed by atoms with Crippen molar-refractivity contribution in [3.63, 3.8) is 0 Å². The molecular formula is C23H17ClNOP. The van der Waals surface area contributed by atoms with E-state index in [1.807, 2.05) is 72.4 Å². The molecule has 0 saturated carbocycles. The summed E-state index contributed by atoms with van der Waals surface area (Å²) in [4.78, 5) is 0. The first-order valence-electron chi connectivity index (χ1n) is 8.83. The number of nitrogens with zero attached hydrogens (tertiary/aromatic N) is 1. The molecule has 0 amide bonds. The average Bonchev–Trinajstić information content (AvgIpc) is 2.72. The van der Waals surface area contributed by atoms with E-state index in [1.165, 1.54) is 5.39 Å². The quantitative estimate of drug-likeness (QED) is 0.381.